The van der Waals surface area contributed by atoms with Crippen LogP contribution >= 0.6 is 0 Å². The Hall–Kier alpha value is 0.114. The molecule has 2 fully saturated rings. The Labute approximate surface area is 178 Å². The average molecular weight is 455 g/mol. The van der Waals surface area contributed by atoms with E-state index in [0.29, 0.717) is 18.8 Å². The summed E-state index contributed by atoms with van der Waals surface area (Å²) in [5.74, 6) is 0. The van der Waals surface area contributed by atoms with Crippen molar-refractivity contribution in [3.05, 3.63) is 0 Å². The van der Waals surface area contributed by atoms with Crippen LogP contribution in [0.1, 0.15) is 20.3 Å². The van der Waals surface area contributed by atoms with Gasteiger partial charge in [0.15, 0.2) is 0 Å². The number of rotatable bonds is 16. The van der Waals surface area contributed by atoms with Crippen molar-refractivity contribution in [3.8, 4) is 0 Å². The summed E-state index contributed by atoms with van der Waals surface area (Å²) in [5.41, 5.74) is 0. The molecule has 2 aliphatic heterocycles. The lowest BCUT2D eigenvalue weighted by Gasteiger charge is -2.28. The van der Waals surface area contributed by atoms with Crippen LogP contribution < -0.4 is 0 Å². The molecule has 2 aliphatic rings. The fraction of sp³-hybridized carbons (Fsp3) is 1.00. The predicted molar refractivity (Wildman–Crippen MR) is 116 cm³/mol. The molecule has 2 heterocycles. The Morgan fingerprint density at radius 2 is 1.48 bits per heavy atom. The van der Waals surface area contributed by atoms with Gasteiger partial charge < -0.3 is 36.7 Å². The van der Waals surface area contributed by atoms with Crippen LogP contribution in [0.5, 0.6) is 0 Å². The van der Waals surface area contributed by atoms with Crippen LogP contribution in [0.3, 0.4) is 0 Å². The summed E-state index contributed by atoms with van der Waals surface area (Å²) in [6, 6.07) is 2.81. The van der Waals surface area contributed by atoms with E-state index in [-0.39, 0.29) is 6.10 Å². The monoisotopic (exact) mass is 454 g/mol. The van der Waals surface area contributed by atoms with Crippen molar-refractivity contribution < 1.29 is 36.7 Å². The van der Waals surface area contributed by atoms with E-state index in [9.17, 15) is 0 Å². The summed E-state index contributed by atoms with van der Waals surface area (Å²) in [7, 11) is 3.03. The second-order valence-corrected chi connectivity index (χ2v) is 15.0. The Morgan fingerprint density at radius 3 is 1.93 bits per heavy atom. The maximum atomic E-state index is 5.68. The molecule has 8 nitrogen and oxygen atoms in total. The molecule has 3 unspecified atom stereocenters. The van der Waals surface area contributed by atoms with Crippen LogP contribution in [0.4, 0.5) is 0 Å². The lowest BCUT2D eigenvalue weighted by Crippen LogP contribution is -2.42. The van der Waals surface area contributed by atoms with Gasteiger partial charge in [-0.2, -0.15) is 0 Å². The molecule has 10 heteroatoms. The smallest absolute Gasteiger partial charge is 0.339 e. The number of epoxide rings is 2. The van der Waals surface area contributed by atoms with Gasteiger partial charge >= 0.3 is 17.1 Å². The Morgan fingerprint density at radius 1 is 0.931 bits per heavy atom. The van der Waals surface area contributed by atoms with Crippen LogP contribution in [-0.2, 0) is 36.7 Å². The van der Waals surface area contributed by atoms with E-state index in [2.05, 4.69) is 20.4 Å². The molecule has 0 N–H and O–H groups in total. The molecule has 2 rings (SSSR count). The van der Waals surface area contributed by atoms with Crippen LogP contribution in [0.25, 0.3) is 0 Å². The highest BCUT2D eigenvalue weighted by molar-refractivity contribution is 6.67. The third kappa shape index (κ3) is 11.9. The van der Waals surface area contributed by atoms with Gasteiger partial charge in [0.2, 0.25) is 0 Å². The zero-order valence-electron chi connectivity index (χ0n) is 19.4. The number of ether oxygens (including phenoxy) is 4. The highest BCUT2D eigenvalue weighted by Gasteiger charge is 2.36. The van der Waals surface area contributed by atoms with Gasteiger partial charge in [-0.25, -0.2) is 0 Å². The van der Waals surface area contributed by atoms with Crippen LogP contribution in [-0.4, -0.2) is 96.9 Å². The summed E-state index contributed by atoms with van der Waals surface area (Å²) in [6.07, 6.45) is 1.87. The van der Waals surface area contributed by atoms with E-state index in [1.807, 2.05) is 0 Å². The van der Waals surface area contributed by atoms with Gasteiger partial charge in [0.25, 0.3) is 0 Å². The second-order valence-electron chi connectivity index (χ2n) is 7.65. The SMILES string of the molecule is CC[Si](CC(C)OCC1CO1)(OC)OC.CO[Si](C)(CCCOCC1CO1)OC. The topological polar surface area (TPSA) is 80.4 Å². The fourth-order valence-corrected chi connectivity index (χ4v) is 6.50. The molecule has 0 aliphatic carbocycles. The first kappa shape index (κ1) is 27.1. The fourth-order valence-electron chi connectivity index (χ4n) is 2.78. The molecule has 0 aromatic carbocycles. The molecule has 0 amide bonds. The van der Waals surface area contributed by atoms with Crippen LogP contribution in [0, 0.1) is 0 Å². The van der Waals surface area contributed by atoms with Crippen molar-refractivity contribution >= 4 is 17.1 Å². The minimum atomic E-state index is -2.00. The predicted octanol–water partition coefficient (Wildman–Crippen LogP) is 2.70. The minimum Gasteiger partial charge on any atom is -0.398 e. The Balaban J connectivity index is 0.000000291. The van der Waals surface area contributed by atoms with E-state index in [4.69, 9.17) is 36.7 Å². The summed E-state index contributed by atoms with van der Waals surface area (Å²) >= 11 is 0. The molecular formula is C19H42O8Si2. The van der Waals surface area contributed by atoms with Gasteiger partial charge in [-0.1, -0.05) is 6.92 Å². The average Bonchev–Trinajstić information content (AvgIpc) is 3.65. The number of hydrogen-bond acceptors (Lipinski definition) is 8. The lowest BCUT2D eigenvalue weighted by molar-refractivity contribution is 0.0580. The molecule has 0 aromatic heterocycles. The quantitative estimate of drug-likeness (QED) is 0.200. The van der Waals surface area contributed by atoms with Crippen molar-refractivity contribution in [3.63, 3.8) is 0 Å². The maximum absolute atomic E-state index is 5.68. The van der Waals surface area contributed by atoms with Crippen molar-refractivity contribution in [2.24, 2.45) is 0 Å². The van der Waals surface area contributed by atoms with E-state index in [1.165, 1.54) is 0 Å². The summed E-state index contributed by atoms with van der Waals surface area (Å²) in [6.45, 7) is 10.2. The van der Waals surface area contributed by atoms with E-state index in [1.54, 1.807) is 28.4 Å². The molecule has 0 radical (unpaired) electrons. The third-order valence-corrected chi connectivity index (χ3v) is 12.1. The van der Waals surface area contributed by atoms with Gasteiger partial charge in [0.1, 0.15) is 12.2 Å². The molecular weight excluding hydrogens is 412 g/mol. The lowest BCUT2D eigenvalue weighted by atomic mass is 10.4. The van der Waals surface area contributed by atoms with Crippen molar-refractivity contribution in [1.29, 1.82) is 0 Å². The Bertz CT molecular complexity index is 405. The van der Waals surface area contributed by atoms with Gasteiger partial charge in [0, 0.05) is 41.1 Å². The van der Waals surface area contributed by atoms with E-state index in [0.717, 1.165) is 51.0 Å². The zero-order valence-corrected chi connectivity index (χ0v) is 21.4. The van der Waals surface area contributed by atoms with Crippen LogP contribution in [0.2, 0.25) is 24.7 Å². The summed E-state index contributed by atoms with van der Waals surface area (Å²) in [5, 5.41) is 0. The highest BCUT2D eigenvalue weighted by atomic mass is 28.4. The number of hydrogen-bond donors (Lipinski definition) is 0. The molecule has 0 aromatic rings. The molecule has 174 valence electrons. The molecule has 0 bridgehead atoms. The standard InChI is InChI=1S/C10H22O4Si.C9H20O4Si/c1-5-15(11-3,12-4)8-9(2)13-6-10-7-14-10;1-10-14(3,11-2)6-4-5-12-7-9-8-13-9/h9-10H,5-8H2,1-4H3;9H,4-8H2,1-3H3. The second kappa shape index (κ2) is 14.2. The molecule has 2 saturated heterocycles. The minimum absolute atomic E-state index is 0.181. The van der Waals surface area contributed by atoms with Gasteiger partial charge in [-0.05, 0) is 32.0 Å². The van der Waals surface area contributed by atoms with E-state index >= 15 is 0 Å². The zero-order chi connectivity index (χ0) is 21.8. The molecule has 3 atom stereocenters. The molecule has 29 heavy (non-hydrogen) atoms. The van der Waals surface area contributed by atoms with E-state index < -0.39 is 17.1 Å². The largest absolute Gasteiger partial charge is 0.398 e. The van der Waals surface area contributed by atoms with Crippen LogP contribution in [0.15, 0.2) is 0 Å². The van der Waals surface area contributed by atoms with Crippen molar-refractivity contribution in [2.75, 3.05) is 61.5 Å². The third-order valence-electron chi connectivity index (χ3n) is 5.34. The van der Waals surface area contributed by atoms with Gasteiger partial charge in [-0.3, -0.25) is 0 Å². The Kier molecular flexibility index (Phi) is 13.3. The van der Waals surface area contributed by atoms with Gasteiger partial charge in [0.05, 0.1) is 32.5 Å². The molecule has 0 saturated carbocycles. The maximum Gasteiger partial charge on any atom is 0.339 e. The van der Waals surface area contributed by atoms with Gasteiger partial charge in [-0.15, -0.1) is 0 Å². The molecule has 0 spiro atoms. The summed E-state index contributed by atoms with van der Waals surface area (Å²) in [4.78, 5) is 0. The first-order valence-corrected chi connectivity index (χ1v) is 15.2. The normalized spacial score (nSPS) is 22.0. The first-order valence-electron chi connectivity index (χ1n) is 10.5. The summed E-state index contributed by atoms with van der Waals surface area (Å²) < 4.78 is 43.0. The first-order chi connectivity index (χ1) is 13.9. The highest BCUT2D eigenvalue weighted by Crippen LogP contribution is 2.21. The van der Waals surface area contributed by atoms with Crippen molar-refractivity contribution in [1.82, 2.24) is 0 Å². The van der Waals surface area contributed by atoms with Crippen molar-refractivity contribution in [2.45, 2.75) is 63.3 Å².